The molecule has 2 aromatic heterocycles. The van der Waals surface area contributed by atoms with Crippen LogP contribution in [0.5, 0.6) is 5.88 Å². The number of hydrogen-bond donors (Lipinski definition) is 1. The molecule has 8 heteroatoms. The molecule has 0 unspecified atom stereocenters. The minimum atomic E-state index is -0.427. The van der Waals surface area contributed by atoms with Crippen LogP contribution in [-0.2, 0) is 17.8 Å². The Kier molecular flexibility index (Phi) is 4.87. The number of fused-ring (bicyclic) bond motifs is 1. The fourth-order valence-corrected chi connectivity index (χ4v) is 2.53. The number of carbonyl (C=O) groups is 1. The molecule has 0 fully saturated rings. The number of carbonyl (C=O) groups excluding carboxylic acids is 1. The van der Waals surface area contributed by atoms with Crippen molar-refractivity contribution in [1.29, 1.82) is 0 Å². The van der Waals surface area contributed by atoms with E-state index in [0.717, 1.165) is 11.1 Å². The summed E-state index contributed by atoms with van der Waals surface area (Å²) in [5, 5.41) is 6.46. The highest BCUT2D eigenvalue weighted by atomic mass is 16.5. The first kappa shape index (κ1) is 16.8. The molecule has 3 aromatic rings. The van der Waals surface area contributed by atoms with Crippen molar-refractivity contribution in [2.24, 2.45) is 0 Å². The Morgan fingerprint density at radius 2 is 2.20 bits per heavy atom. The summed E-state index contributed by atoms with van der Waals surface area (Å²) in [6, 6.07) is 7.22. The summed E-state index contributed by atoms with van der Waals surface area (Å²) in [5.74, 6) is 0.409. The zero-order valence-corrected chi connectivity index (χ0v) is 14.1. The first-order valence-corrected chi connectivity index (χ1v) is 7.93. The lowest BCUT2D eigenvalue weighted by molar-refractivity contribution is -0.121. The van der Waals surface area contributed by atoms with Crippen LogP contribution in [0.15, 0.2) is 38.0 Å². The lowest BCUT2D eigenvalue weighted by Gasteiger charge is -2.05. The topological polar surface area (TPSA) is 99.5 Å². The molecule has 0 atom stereocenters. The Morgan fingerprint density at radius 1 is 1.36 bits per heavy atom. The molecule has 0 bridgehead atoms. The summed E-state index contributed by atoms with van der Waals surface area (Å²) in [5.41, 5.74) is 2.29. The number of nitrogens with one attached hydrogen (secondary N) is 1. The molecule has 0 saturated carbocycles. The highest BCUT2D eigenvalue weighted by Gasteiger charge is 2.10. The van der Waals surface area contributed by atoms with Crippen molar-refractivity contribution in [3.63, 3.8) is 0 Å². The van der Waals surface area contributed by atoms with E-state index in [1.54, 1.807) is 6.07 Å². The SMILES string of the molecule is COc1cc(CCC(=O)NCCn2c(=O)oc3cc(C)ccc32)on1. The molecular weight excluding hydrogens is 326 g/mol. The quantitative estimate of drug-likeness (QED) is 0.699. The van der Waals surface area contributed by atoms with E-state index >= 15 is 0 Å². The summed E-state index contributed by atoms with van der Waals surface area (Å²) in [6.45, 7) is 2.61. The standard InChI is InChI=1S/C17H19N3O5/c1-11-3-5-13-14(9-11)24-17(22)20(13)8-7-18-15(21)6-4-12-10-16(23-2)19-25-12/h3,5,9-10H,4,6-8H2,1-2H3,(H,18,21). The fourth-order valence-electron chi connectivity index (χ4n) is 2.53. The first-order chi connectivity index (χ1) is 12.1. The van der Waals surface area contributed by atoms with Gasteiger partial charge in [-0.3, -0.25) is 9.36 Å². The molecule has 3 rings (SSSR count). The summed E-state index contributed by atoms with van der Waals surface area (Å²) in [4.78, 5) is 23.8. The van der Waals surface area contributed by atoms with Gasteiger partial charge in [0.25, 0.3) is 5.88 Å². The Balaban J connectivity index is 1.51. The van der Waals surface area contributed by atoms with Crippen molar-refractivity contribution in [2.75, 3.05) is 13.7 Å². The summed E-state index contributed by atoms with van der Waals surface area (Å²) < 4.78 is 16.7. The second kappa shape index (κ2) is 7.25. The molecule has 0 radical (unpaired) electrons. The van der Waals surface area contributed by atoms with E-state index in [2.05, 4.69) is 10.5 Å². The number of benzene rings is 1. The van der Waals surface area contributed by atoms with Crippen LogP contribution >= 0.6 is 0 Å². The first-order valence-electron chi connectivity index (χ1n) is 7.93. The fraction of sp³-hybridized carbons (Fsp3) is 0.353. The van der Waals surface area contributed by atoms with Crippen LogP contribution in [0.4, 0.5) is 0 Å². The Bertz CT molecular complexity index is 937. The van der Waals surface area contributed by atoms with Gasteiger partial charge in [0.15, 0.2) is 5.58 Å². The Labute approximate surface area is 143 Å². The van der Waals surface area contributed by atoms with E-state index in [1.165, 1.54) is 11.7 Å². The van der Waals surface area contributed by atoms with E-state index < -0.39 is 5.76 Å². The van der Waals surface area contributed by atoms with Crippen LogP contribution in [-0.4, -0.2) is 29.3 Å². The normalized spacial score (nSPS) is 11.0. The highest BCUT2D eigenvalue weighted by molar-refractivity contribution is 5.76. The highest BCUT2D eigenvalue weighted by Crippen LogP contribution is 2.14. The molecule has 1 N–H and O–H groups in total. The van der Waals surface area contributed by atoms with Crippen molar-refractivity contribution in [1.82, 2.24) is 15.0 Å². The maximum atomic E-state index is 11.9. The third-order valence-corrected chi connectivity index (χ3v) is 3.83. The van der Waals surface area contributed by atoms with Gasteiger partial charge in [-0.25, -0.2) is 4.79 Å². The number of oxazole rings is 1. The third-order valence-electron chi connectivity index (χ3n) is 3.83. The molecule has 0 saturated heterocycles. The van der Waals surface area contributed by atoms with Crippen molar-refractivity contribution < 1.29 is 18.5 Å². The van der Waals surface area contributed by atoms with Gasteiger partial charge in [0.2, 0.25) is 5.91 Å². The zero-order valence-electron chi connectivity index (χ0n) is 14.1. The average Bonchev–Trinajstić information content (AvgIpc) is 3.17. The molecule has 1 aromatic carbocycles. The van der Waals surface area contributed by atoms with Crippen LogP contribution in [0, 0.1) is 6.92 Å². The van der Waals surface area contributed by atoms with Crippen LogP contribution in [0.25, 0.3) is 11.1 Å². The van der Waals surface area contributed by atoms with Gasteiger partial charge >= 0.3 is 5.76 Å². The number of hydrogen-bond acceptors (Lipinski definition) is 6. The van der Waals surface area contributed by atoms with Crippen LogP contribution < -0.4 is 15.8 Å². The average molecular weight is 345 g/mol. The second-order valence-corrected chi connectivity index (χ2v) is 5.68. The van der Waals surface area contributed by atoms with Crippen molar-refractivity contribution in [3.05, 3.63) is 46.1 Å². The van der Waals surface area contributed by atoms with Crippen molar-refractivity contribution in [3.8, 4) is 5.88 Å². The number of aromatic nitrogens is 2. The van der Waals surface area contributed by atoms with Gasteiger partial charge in [0.05, 0.1) is 12.6 Å². The van der Waals surface area contributed by atoms with Crippen molar-refractivity contribution in [2.45, 2.75) is 26.3 Å². The number of amides is 1. The molecule has 0 aliphatic carbocycles. The number of rotatable bonds is 7. The van der Waals surface area contributed by atoms with E-state index in [0.29, 0.717) is 36.7 Å². The molecule has 2 heterocycles. The van der Waals surface area contributed by atoms with E-state index in [1.807, 2.05) is 25.1 Å². The van der Waals surface area contributed by atoms with E-state index in [-0.39, 0.29) is 12.3 Å². The second-order valence-electron chi connectivity index (χ2n) is 5.68. The van der Waals surface area contributed by atoms with Gasteiger partial charge in [-0.1, -0.05) is 6.07 Å². The monoisotopic (exact) mass is 345 g/mol. The van der Waals surface area contributed by atoms with Gasteiger partial charge in [-0.2, -0.15) is 0 Å². The van der Waals surface area contributed by atoms with Gasteiger partial charge in [0.1, 0.15) is 5.76 Å². The predicted molar refractivity (Wildman–Crippen MR) is 89.6 cm³/mol. The number of ether oxygens (including phenoxy) is 1. The maximum absolute atomic E-state index is 11.9. The molecule has 8 nitrogen and oxygen atoms in total. The lowest BCUT2D eigenvalue weighted by Crippen LogP contribution is -2.29. The van der Waals surface area contributed by atoms with Gasteiger partial charge in [-0.15, -0.1) is 0 Å². The minimum Gasteiger partial charge on any atom is -0.479 e. The van der Waals surface area contributed by atoms with Gasteiger partial charge < -0.3 is 19.0 Å². The molecule has 0 aliphatic heterocycles. The third kappa shape index (κ3) is 3.90. The van der Waals surface area contributed by atoms with E-state index in [9.17, 15) is 9.59 Å². The largest absolute Gasteiger partial charge is 0.479 e. The van der Waals surface area contributed by atoms with Crippen LogP contribution in [0.1, 0.15) is 17.7 Å². The number of nitrogens with zero attached hydrogens (tertiary/aromatic N) is 2. The summed E-state index contributed by atoms with van der Waals surface area (Å²) >= 11 is 0. The van der Waals surface area contributed by atoms with Crippen LogP contribution in [0.3, 0.4) is 0 Å². The summed E-state index contributed by atoms with van der Waals surface area (Å²) in [7, 11) is 1.50. The Hall–Kier alpha value is -3.03. The number of methoxy groups -OCH3 is 1. The molecular formula is C17H19N3O5. The lowest BCUT2D eigenvalue weighted by atomic mass is 10.2. The van der Waals surface area contributed by atoms with Gasteiger partial charge in [0, 0.05) is 32.0 Å². The smallest absolute Gasteiger partial charge is 0.420 e. The number of aryl methyl sites for hydroxylation is 2. The zero-order chi connectivity index (χ0) is 17.8. The van der Waals surface area contributed by atoms with Gasteiger partial charge in [-0.05, 0) is 29.8 Å². The Morgan fingerprint density at radius 3 is 2.96 bits per heavy atom. The molecule has 0 spiro atoms. The molecule has 1 amide bonds. The van der Waals surface area contributed by atoms with Crippen LogP contribution in [0.2, 0.25) is 0 Å². The molecule has 132 valence electrons. The molecule has 25 heavy (non-hydrogen) atoms. The maximum Gasteiger partial charge on any atom is 0.420 e. The summed E-state index contributed by atoms with van der Waals surface area (Å²) in [6.07, 6.45) is 0.689. The van der Waals surface area contributed by atoms with Crippen molar-refractivity contribution >= 4 is 17.0 Å². The minimum absolute atomic E-state index is 0.132. The predicted octanol–water partition coefficient (Wildman–Crippen LogP) is 1.65. The van der Waals surface area contributed by atoms with E-state index in [4.69, 9.17) is 13.7 Å². The molecule has 0 aliphatic rings.